The van der Waals surface area contributed by atoms with Gasteiger partial charge in [0, 0.05) is 17.4 Å². The van der Waals surface area contributed by atoms with E-state index in [1.54, 1.807) is 36.4 Å². The molecule has 16 atom stereocenters. The number of azide groups is 1. The summed E-state index contributed by atoms with van der Waals surface area (Å²) in [5.74, 6) is -3.71. The van der Waals surface area contributed by atoms with Gasteiger partial charge in [-0.15, -0.1) is 0 Å². The molecule has 9 aromatic carbocycles. The number of hydrogen-bond donors (Lipinski definition) is 0. The van der Waals surface area contributed by atoms with Gasteiger partial charge in [0.15, 0.2) is 31.2 Å². The molecule has 570 valence electrons. The Morgan fingerprint density at radius 1 is 0.468 bits per heavy atom. The molecule has 6 aliphatic rings. The second-order valence-electron chi connectivity index (χ2n) is 29.1. The molecule has 6 heterocycles. The first kappa shape index (κ1) is 76.2. The summed E-state index contributed by atoms with van der Waals surface area (Å²) in [5, 5.41) is 5.32. The molecular formula is C87H85N5O18Si. The number of amides is 4. The summed E-state index contributed by atoms with van der Waals surface area (Å²) in [6.45, 7) is 6.65. The molecule has 4 amide bonds. The predicted molar refractivity (Wildman–Crippen MR) is 407 cm³/mol. The summed E-state index contributed by atoms with van der Waals surface area (Å²) in [6.07, 6.45) is -19.8. The smallest absolute Gasteiger partial charge is 0.303 e. The molecule has 0 aromatic heterocycles. The molecule has 0 spiro atoms. The maximum Gasteiger partial charge on any atom is 0.303 e. The second-order valence-corrected chi connectivity index (χ2v) is 33.4. The quantitative estimate of drug-likeness (QED) is 0.0116. The van der Waals surface area contributed by atoms with Crippen LogP contribution in [0.1, 0.15) is 103 Å². The topological polar surface area (TPSA) is 261 Å². The van der Waals surface area contributed by atoms with Gasteiger partial charge in [-0.25, -0.2) is 0 Å². The zero-order valence-electron chi connectivity index (χ0n) is 61.6. The standard InChI is InChI=1S/C87H85N5O18Si/c1-55(93)103-78-77(110-111(87(2,3)4,61-40-22-10-23-41-61)62-42-24-11-25-43-62)74-69(54-102-84(107-74)60-38-20-9-21-39-60)106-86(78)109-73-68(53-99-49-57-32-14-6-15-33-57)105-85(71(76(73)101-51-59-36-18-8-19-37-59)92-82(96)65-46-28-29-47-66(65)83(92)97)108-72-67(52-98-48-56-30-12-5-13-31-56)104-79(89-90-88)70(75(72)100-50-58-34-16-7-17-35-58)91-80(94)63-44-26-27-45-64(63)81(91)95/h5-47,67-79,84-86H,48-54H2,1-4H3/t67-,68-,69-,70-,71-,72-,73-,74-,75-,76-,77+,78+,79-,84?,85+,86+/m1/s1. The highest BCUT2D eigenvalue weighted by molar-refractivity contribution is 6.99. The Balaban J connectivity index is 0.910. The fourth-order valence-electron chi connectivity index (χ4n) is 15.9. The summed E-state index contributed by atoms with van der Waals surface area (Å²) in [6, 6.07) is 76.1. The van der Waals surface area contributed by atoms with E-state index in [2.05, 4.69) is 55.1 Å². The number of nitrogens with zero attached hydrogens (tertiary/aromatic N) is 5. The minimum Gasteiger partial charge on any atom is -0.454 e. The van der Waals surface area contributed by atoms with Crippen molar-refractivity contribution in [2.45, 2.75) is 157 Å². The van der Waals surface area contributed by atoms with E-state index in [1.807, 2.05) is 188 Å². The third-order valence-electron chi connectivity index (χ3n) is 21.0. The van der Waals surface area contributed by atoms with E-state index < -0.39 is 141 Å². The zero-order valence-corrected chi connectivity index (χ0v) is 62.6. The number of rotatable bonds is 27. The van der Waals surface area contributed by atoms with Gasteiger partial charge in [0.1, 0.15) is 67.0 Å². The molecule has 0 radical (unpaired) electrons. The molecule has 4 saturated heterocycles. The predicted octanol–water partition coefficient (Wildman–Crippen LogP) is 12.2. The number of carbonyl (C=O) groups excluding carboxylic acids is 5. The maximum atomic E-state index is 16.0. The van der Waals surface area contributed by atoms with Crippen LogP contribution in [0.2, 0.25) is 5.04 Å². The lowest BCUT2D eigenvalue weighted by atomic mass is 9.92. The van der Waals surface area contributed by atoms with Crippen LogP contribution < -0.4 is 10.4 Å². The molecule has 0 aliphatic carbocycles. The number of ether oxygens (including phenoxy) is 12. The molecule has 111 heavy (non-hydrogen) atoms. The van der Waals surface area contributed by atoms with Crippen molar-refractivity contribution >= 4 is 48.3 Å². The number of benzene rings is 9. The third-order valence-corrected chi connectivity index (χ3v) is 26.0. The van der Waals surface area contributed by atoms with Crippen LogP contribution in [0.5, 0.6) is 0 Å². The molecule has 6 aliphatic heterocycles. The molecule has 23 nitrogen and oxygen atoms in total. The second kappa shape index (κ2) is 34.2. The highest BCUT2D eigenvalue weighted by Crippen LogP contribution is 2.47. The van der Waals surface area contributed by atoms with Gasteiger partial charge in [-0.2, -0.15) is 0 Å². The minimum absolute atomic E-state index is 0.0250. The van der Waals surface area contributed by atoms with Crippen molar-refractivity contribution in [2.75, 3.05) is 19.8 Å². The van der Waals surface area contributed by atoms with E-state index in [9.17, 15) is 10.3 Å². The SMILES string of the molecule is CC(=O)O[C@@H]1[C@H](O[C@H]2[C@H](OCc3ccccc3)[C@@H](N3C(=O)c4ccccc4C3=O)[C@H](O[C@H]3[C@H](OCc4ccccc4)[C@@H](N4C(=O)c5ccccc5C4=O)[C@H](N=[N+]=[N-])O[C@@H]3COCc3ccccc3)O[C@@H]2COCc2ccccc2)O[C@@H]2COC(c3ccccc3)O[C@H]2[C@@H]1O[Si](c1ccccc1)(c1ccccc1)C(C)(C)C. The van der Waals surface area contributed by atoms with Crippen molar-refractivity contribution in [2.24, 2.45) is 5.11 Å². The third kappa shape index (κ3) is 16.1. The Bertz CT molecular complexity index is 4640. The lowest BCUT2D eigenvalue weighted by molar-refractivity contribution is -0.387. The largest absolute Gasteiger partial charge is 0.454 e. The van der Waals surface area contributed by atoms with Crippen molar-refractivity contribution in [3.63, 3.8) is 0 Å². The molecule has 24 heteroatoms. The van der Waals surface area contributed by atoms with Crippen molar-refractivity contribution in [3.05, 3.63) is 321 Å². The van der Waals surface area contributed by atoms with Crippen molar-refractivity contribution in [1.29, 1.82) is 0 Å². The first-order chi connectivity index (χ1) is 54.1. The summed E-state index contributed by atoms with van der Waals surface area (Å²) in [5.41, 5.74) is 14.4. The van der Waals surface area contributed by atoms with Gasteiger partial charge in [-0.3, -0.25) is 33.8 Å². The monoisotopic (exact) mass is 1520 g/mol. The molecule has 15 rings (SSSR count). The van der Waals surface area contributed by atoms with Crippen LogP contribution in [0.25, 0.3) is 10.4 Å². The highest BCUT2D eigenvalue weighted by Gasteiger charge is 2.64. The van der Waals surface area contributed by atoms with Crippen molar-refractivity contribution in [3.8, 4) is 0 Å². The number of hydrogen-bond acceptors (Lipinski definition) is 19. The number of imide groups is 2. The van der Waals surface area contributed by atoms with E-state index in [0.29, 0.717) is 16.7 Å². The van der Waals surface area contributed by atoms with Crippen LogP contribution in [-0.2, 0) is 92.5 Å². The van der Waals surface area contributed by atoms with Crippen LogP contribution in [0.3, 0.4) is 0 Å². The number of carbonyl (C=O) groups is 5. The van der Waals surface area contributed by atoms with Gasteiger partial charge in [0.2, 0.25) is 0 Å². The fraction of sp³-hybridized carbons (Fsp3) is 0.322. The molecule has 0 bridgehead atoms. The Morgan fingerprint density at radius 2 is 0.865 bits per heavy atom. The first-order valence-corrected chi connectivity index (χ1v) is 39.1. The van der Waals surface area contributed by atoms with Gasteiger partial charge in [-0.05, 0) is 67.5 Å². The van der Waals surface area contributed by atoms with E-state index in [-0.39, 0.29) is 68.5 Å². The molecule has 0 saturated carbocycles. The van der Waals surface area contributed by atoms with Crippen LogP contribution in [0.15, 0.2) is 266 Å². The summed E-state index contributed by atoms with van der Waals surface area (Å²) >= 11 is 0. The zero-order chi connectivity index (χ0) is 76.6. The average Bonchev–Trinajstić information content (AvgIpc) is 1.59. The molecule has 1 unspecified atom stereocenters. The van der Waals surface area contributed by atoms with Crippen LogP contribution in [0, 0.1) is 0 Å². The molecular weight excluding hydrogens is 1430 g/mol. The van der Waals surface area contributed by atoms with Crippen molar-refractivity contribution < 1.29 is 85.2 Å². The van der Waals surface area contributed by atoms with Gasteiger partial charge >= 0.3 is 5.97 Å². The number of fused-ring (bicyclic) bond motifs is 3. The Kier molecular flexibility index (Phi) is 23.4. The van der Waals surface area contributed by atoms with Crippen LogP contribution >= 0.6 is 0 Å². The fourth-order valence-corrected chi connectivity index (χ4v) is 20.6. The molecule has 0 N–H and O–H groups in total. The highest BCUT2D eigenvalue weighted by atomic mass is 28.4. The minimum atomic E-state index is -3.72. The van der Waals surface area contributed by atoms with Gasteiger partial charge < -0.3 is 61.3 Å². The molecule has 9 aromatic rings. The Labute approximate surface area is 643 Å². The van der Waals surface area contributed by atoms with E-state index >= 15 is 19.2 Å². The summed E-state index contributed by atoms with van der Waals surface area (Å²) in [4.78, 5) is 81.9. The lowest BCUT2D eigenvalue weighted by Crippen LogP contribution is -2.74. The maximum absolute atomic E-state index is 16.0. The van der Waals surface area contributed by atoms with Gasteiger partial charge in [-0.1, -0.05) is 262 Å². The van der Waals surface area contributed by atoms with Crippen LogP contribution in [-0.4, -0.2) is 159 Å². The first-order valence-electron chi connectivity index (χ1n) is 37.2. The van der Waals surface area contributed by atoms with Crippen LogP contribution in [0.4, 0.5) is 0 Å². The summed E-state index contributed by atoms with van der Waals surface area (Å²) < 4.78 is 93.9. The van der Waals surface area contributed by atoms with Crippen molar-refractivity contribution in [1.82, 2.24) is 9.80 Å². The average molecular weight is 1520 g/mol. The van der Waals surface area contributed by atoms with E-state index in [0.717, 1.165) is 31.3 Å². The summed E-state index contributed by atoms with van der Waals surface area (Å²) in [7, 11) is -3.72. The molecule has 4 fully saturated rings. The number of esters is 1. The van der Waals surface area contributed by atoms with E-state index in [1.165, 1.54) is 19.1 Å². The Hall–Kier alpha value is -10.2. The lowest BCUT2D eigenvalue weighted by Gasteiger charge is -2.55. The van der Waals surface area contributed by atoms with E-state index in [4.69, 9.17) is 61.3 Å². The van der Waals surface area contributed by atoms with Gasteiger partial charge in [0.05, 0.1) is 68.5 Å². The Morgan fingerprint density at radius 3 is 1.31 bits per heavy atom. The van der Waals surface area contributed by atoms with Gasteiger partial charge in [0.25, 0.3) is 31.9 Å². The normalized spacial score (nSPS) is 26.5.